The van der Waals surface area contributed by atoms with Gasteiger partial charge in [0.2, 0.25) is 5.28 Å². The fourth-order valence-electron chi connectivity index (χ4n) is 2.72. The molecule has 4 aromatic rings. The molecule has 0 fully saturated rings. The summed E-state index contributed by atoms with van der Waals surface area (Å²) in [7, 11) is 0. The molecule has 2 aromatic heterocycles. The molecule has 0 spiro atoms. The molecule has 1 N–H and O–H groups in total. The highest BCUT2D eigenvalue weighted by molar-refractivity contribution is 6.31. The zero-order valence-corrected chi connectivity index (χ0v) is 15.2. The predicted octanol–water partition coefficient (Wildman–Crippen LogP) is 4.79. The Balaban J connectivity index is 1.63. The summed E-state index contributed by atoms with van der Waals surface area (Å²) in [5.41, 5.74) is 2.69. The smallest absolute Gasteiger partial charge is 0.226 e. The predicted molar refractivity (Wildman–Crippen MR) is 105 cm³/mol. The Morgan fingerprint density at radius 3 is 2.50 bits per heavy atom. The van der Waals surface area contributed by atoms with Crippen LogP contribution in [0.5, 0.6) is 0 Å². The minimum atomic E-state index is 0.163. The molecule has 0 atom stereocenters. The van der Waals surface area contributed by atoms with Gasteiger partial charge < -0.3 is 5.32 Å². The molecule has 2 aromatic carbocycles. The number of hydrogen-bond donors (Lipinski definition) is 1. The highest BCUT2D eigenvalue weighted by Crippen LogP contribution is 2.23. The van der Waals surface area contributed by atoms with Crippen molar-refractivity contribution < 1.29 is 0 Å². The number of hydrogen-bond acceptors (Lipinski definition) is 4. The molecule has 0 aliphatic carbocycles. The number of aromatic nitrogens is 4. The van der Waals surface area contributed by atoms with Crippen LogP contribution in [0.3, 0.4) is 0 Å². The molecule has 2 heterocycles. The monoisotopic (exact) mass is 383 g/mol. The molecule has 0 amide bonds. The molecule has 4 rings (SSSR count). The van der Waals surface area contributed by atoms with Crippen molar-refractivity contribution in [3.63, 3.8) is 0 Å². The molecule has 0 radical (unpaired) electrons. The van der Waals surface area contributed by atoms with E-state index in [1.807, 2.05) is 60.8 Å². The van der Waals surface area contributed by atoms with Crippen molar-refractivity contribution >= 4 is 40.1 Å². The lowest BCUT2D eigenvalue weighted by Crippen LogP contribution is -2.02. The van der Waals surface area contributed by atoms with Gasteiger partial charge in [-0.05, 0) is 28.8 Å². The highest BCUT2D eigenvalue weighted by Gasteiger charge is 2.12. The zero-order chi connectivity index (χ0) is 17.9. The van der Waals surface area contributed by atoms with Crippen LogP contribution in [-0.4, -0.2) is 19.7 Å². The summed E-state index contributed by atoms with van der Waals surface area (Å²) in [6, 6.07) is 17.8. The second-order valence-electron chi connectivity index (χ2n) is 5.84. The molecule has 0 saturated carbocycles. The molecule has 0 bridgehead atoms. The van der Waals surface area contributed by atoms with Crippen molar-refractivity contribution in [3.05, 3.63) is 82.2 Å². The Kier molecular flexibility index (Phi) is 4.73. The lowest BCUT2D eigenvalue weighted by molar-refractivity contribution is 0.693. The minimum absolute atomic E-state index is 0.163. The molecule has 5 nitrogen and oxygen atoms in total. The van der Waals surface area contributed by atoms with Crippen LogP contribution in [0.2, 0.25) is 10.3 Å². The zero-order valence-electron chi connectivity index (χ0n) is 13.7. The first kappa shape index (κ1) is 16.8. The van der Waals surface area contributed by atoms with Gasteiger partial charge in [-0.1, -0.05) is 60.1 Å². The van der Waals surface area contributed by atoms with Crippen LogP contribution in [0.4, 0.5) is 5.82 Å². The molecule has 0 aliphatic heterocycles. The van der Waals surface area contributed by atoms with Gasteiger partial charge in [-0.3, -0.25) is 4.68 Å². The third kappa shape index (κ3) is 3.64. The van der Waals surface area contributed by atoms with Gasteiger partial charge in [0.15, 0.2) is 5.65 Å². The van der Waals surface area contributed by atoms with Gasteiger partial charge in [0.25, 0.3) is 0 Å². The van der Waals surface area contributed by atoms with Crippen molar-refractivity contribution in [2.24, 2.45) is 0 Å². The Morgan fingerprint density at radius 2 is 1.69 bits per heavy atom. The first-order valence-corrected chi connectivity index (χ1v) is 8.86. The Labute approximate surface area is 160 Å². The molecule has 0 unspecified atom stereocenters. The summed E-state index contributed by atoms with van der Waals surface area (Å²) in [5, 5.41) is 9.51. The SMILES string of the molecule is Clc1nc(NCc2ccccc2)c2cn(Cc3ccccc3Cl)nc2n1. The molecule has 0 aliphatic rings. The lowest BCUT2D eigenvalue weighted by Gasteiger charge is -2.06. The largest absolute Gasteiger partial charge is 0.365 e. The van der Waals surface area contributed by atoms with E-state index >= 15 is 0 Å². The second kappa shape index (κ2) is 7.32. The molecule has 7 heteroatoms. The number of anilines is 1. The van der Waals surface area contributed by atoms with Crippen LogP contribution >= 0.6 is 23.2 Å². The van der Waals surface area contributed by atoms with Gasteiger partial charge in [-0.15, -0.1) is 0 Å². The van der Waals surface area contributed by atoms with Gasteiger partial charge in [0, 0.05) is 17.8 Å². The van der Waals surface area contributed by atoms with Crippen molar-refractivity contribution in [1.82, 2.24) is 19.7 Å². The lowest BCUT2D eigenvalue weighted by atomic mass is 10.2. The normalized spacial score (nSPS) is 11.0. The third-order valence-corrected chi connectivity index (χ3v) is 4.53. The minimum Gasteiger partial charge on any atom is -0.365 e. The van der Waals surface area contributed by atoms with Crippen molar-refractivity contribution in [3.8, 4) is 0 Å². The number of nitrogens with zero attached hydrogens (tertiary/aromatic N) is 4. The quantitative estimate of drug-likeness (QED) is 0.503. The van der Waals surface area contributed by atoms with Gasteiger partial charge in [0.1, 0.15) is 5.82 Å². The van der Waals surface area contributed by atoms with Crippen molar-refractivity contribution in [2.45, 2.75) is 13.1 Å². The maximum absolute atomic E-state index is 6.24. The van der Waals surface area contributed by atoms with E-state index in [2.05, 4.69) is 20.4 Å². The van der Waals surface area contributed by atoms with E-state index in [0.717, 1.165) is 16.5 Å². The third-order valence-electron chi connectivity index (χ3n) is 3.99. The molecular weight excluding hydrogens is 369 g/mol. The molecule has 26 heavy (non-hydrogen) atoms. The number of halogens is 2. The highest BCUT2D eigenvalue weighted by atomic mass is 35.5. The first-order chi connectivity index (χ1) is 12.7. The number of fused-ring (bicyclic) bond motifs is 1. The summed E-state index contributed by atoms with van der Waals surface area (Å²) in [4.78, 5) is 8.54. The van der Waals surface area contributed by atoms with Crippen molar-refractivity contribution in [2.75, 3.05) is 5.32 Å². The molecule has 0 saturated heterocycles. The van der Waals surface area contributed by atoms with Crippen LogP contribution in [0.25, 0.3) is 11.0 Å². The van der Waals surface area contributed by atoms with Crippen LogP contribution in [-0.2, 0) is 13.1 Å². The van der Waals surface area contributed by atoms with E-state index in [4.69, 9.17) is 23.2 Å². The van der Waals surface area contributed by atoms with Crippen LogP contribution in [0.1, 0.15) is 11.1 Å². The van der Waals surface area contributed by atoms with Crippen molar-refractivity contribution in [1.29, 1.82) is 0 Å². The standard InChI is InChI=1S/C19H15Cl2N5/c20-16-9-5-4-8-14(16)11-26-12-15-17(23-19(21)24-18(15)25-26)22-10-13-6-2-1-3-7-13/h1-9,12H,10-11H2,(H,22,23,24,25). The average Bonchev–Trinajstić information content (AvgIpc) is 3.05. The maximum atomic E-state index is 6.24. The van der Waals surface area contributed by atoms with E-state index in [1.54, 1.807) is 4.68 Å². The summed E-state index contributed by atoms with van der Waals surface area (Å²) >= 11 is 12.3. The summed E-state index contributed by atoms with van der Waals surface area (Å²) in [5.74, 6) is 0.661. The van der Waals surface area contributed by atoms with E-state index in [0.29, 0.717) is 29.6 Å². The van der Waals surface area contributed by atoms with Gasteiger partial charge in [0.05, 0.1) is 11.9 Å². The summed E-state index contributed by atoms with van der Waals surface area (Å²) in [6.07, 6.45) is 1.91. The molecular formula is C19H15Cl2N5. The van der Waals surface area contributed by atoms with E-state index in [1.165, 1.54) is 0 Å². The van der Waals surface area contributed by atoms with Crippen LogP contribution < -0.4 is 5.32 Å². The van der Waals surface area contributed by atoms with E-state index in [9.17, 15) is 0 Å². The van der Waals surface area contributed by atoms with Gasteiger partial charge in [-0.25, -0.2) is 0 Å². The van der Waals surface area contributed by atoms with E-state index < -0.39 is 0 Å². The number of rotatable bonds is 5. The maximum Gasteiger partial charge on any atom is 0.226 e. The summed E-state index contributed by atoms with van der Waals surface area (Å²) in [6.45, 7) is 1.19. The Morgan fingerprint density at radius 1 is 0.923 bits per heavy atom. The first-order valence-electron chi connectivity index (χ1n) is 8.11. The number of benzene rings is 2. The topological polar surface area (TPSA) is 55.6 Å². The molecule has 130 valence electrons. The van der Waals surface area contributed by atoms with E-state index in [-0.39, 0.29) is 5.28 Å². The fourth-order valence-corrected chi connectivity index (χ4v) is 3.08. The average molecular weight is 384 g/mol. The second-order valence-corrected chi connectivity index (χ2v) is 6.58. The summed E-state index contributed by atoms with van der Waals surface area (Å²) < 4.78 is 1.80. The van der Waals surface area contributed by atoms with Gasteiger partial charge in [-0.2, -0.15) is 15.1 Å². The Bertz CT molecular complexity index is 1050. The van der Waals surface area contributed by atoms with Gasteiger partial charge >= 0.3 is 0 Å². The Hall–Kier alpha value is -2.63. The van der Waals surface area contributed by atoms with Crippen LogP contribution in [0, 0.1) is 0 Å². The fraction of sp³-hybridized carbons (Fsp3) is 0.105. The van der Waals surface area contributed by atoms with Crippen LogP contribution in [0.15, 0.2) is 60.8 Å². The number of nitrogens with one attached hydrogen (secondary N) is 1.